The molecule has 160 valence electrons. The molecular formula is C23H23ClN4O3. The van der Waals surface area contributed by atoms with Crippen molar-refractivity contribution >= 4 is 23.6 Å². The summed E-state index contributed by atoms with van der Waals surface area (Å²) >= 11 is 6.22. The van der Waals surface area contributed by atoms with Gasteiger partial charge in [-0.05, 0) is 23.3 Å². The Morgan fingerprint density at radius 2 is 2.06 bits per heavy atom. The summed E-state index contributed by atoms with van der Waals surface area (Å²) in [6, 6.07) is 15.3. The molecule has 0 saturated carbocycles. The normalized spacial score (nSPS) is 16.3. The number of carbonyl (C=O) groups is 2. The van der Waals surface area contributed by atoms with Gasteiger partial charge in [-0.15, -0.1) is 0 Å². The number of carbonyl (C=O) groups excluding carboxylic acids is 2. The Labute approximate surface area is 185 Å². The highest BCUT2D eigenvalue weighted by molar-refractivity contribution is 6.30. The molecule has 0 radical (unpaired) electrons. The Balaban J connectivity index is 1.61. The van der Waals surface area contributed by atoms with Crippen LogP contribution in [0.15, 0.2) is 60.9 Å². The number of nitrogens with zero attached hydrogens (tertiary/aromatic N) is 2. The molecule has 2 heterocycles. The minimum Gasteiger partial charge on any atom is -0.467 e. The van der Waals surface area contributed by atoms with Gasteiger partial charge in [0.15, 0.2) is 0 Å². The second kappa shape index (κ2) is 9.22. The van der Waals surface area contributed by atoms with Crippen molar-refractivity contribution in [2.75, 3.05) is 13.7 Å². The SMILES string of the molecule is COC(=O)[C@@H](Cc1ccccc1)NC(=O)N1CCc2[nH]cnc2[C@@H]1c1cccc(Cl)c1. The zero-order valence-corrected chi connectivity index (χ0v) is 17.8. The number of benzene rings is 2. The van der Waals surface area contributed by atoms with E-state index in [0.29, 0.717) is 24.4 Å². The lowest BCUT2D eigenvalue weighted by atomic mass is 9.96. The molecule has 0 unspecified atom stereocenters. The molecule has 1 aromatic heterocycles. The standard InChI is InChI=1S/C23H23ClN4O3/c1-31-22(29)19(12-15-6-3-2-4-7-15)27-23(30)28-11-10-18-20(26-14-25-18)21(28)16-8-5-9-17(24)13-16/h2-9,13-14,19,21H,10-12H2,1H3,(H,25,26)(H,27,30)/t19-,21+/m1/s1. The minimum atomic E-state index is -0.805. The van der Waals surface area contributed by atoms with E-state index >= 15 is 0 Å². The topological polar surface area (TPSA) is 87.3 Å². The number of aromatic amines is 1. The van der Waals surface area contributed by atoms with Crippen molar-refractivity contribution in [3.63, 3.8) is 0 Å². The van der Waals surface area contributed by atoms with Crippen LogP contribution in [0.2, 0.25) is 5.02 Å². The van der Waals surface area contributed by atoms with Gasteiger partial charge in [0.05, 0.1) is 19.1 Å². The fourth-order valence-corrected chi connectivity index (χ4v) is 4.13. The summed E-state index contributed by atoms with van der Waals surface area (Å²) in [5.74, 6) is -0.492. The smallest absolute Gasteiger partial charge is 0.328 e. The third-order valence-corrected chi connectivity index (χ3v) is 5.65. The summed E-state index contributed by atoms with van der Waals surface area (Å²) < 4.78 is 4.94. The molecule has 0 aliphatic carbocycles. The molecule has 1 aliphatic heterocycles. The summed E-state index contributed by atoms with van der Waals surface area (Å²) in [7, 11) is 1.32. The zero-order valence-electron chi connectivity index (χ0n) is 17.0. The molecule has 2 N–H and O–H groups in total. The third-order valence-electron chi connectivity index (χ3n) is 5.42. The predicted octanol–water partition coefficient (Wildman–Crippen LogP) is 3.50. The Hall–Kier alpha value is -3.32. The first kappa shape index (κ1) is 20.9. The van der Waals surface area contributed by atoms with E-state index in [4.69, 9.17) is 16.3 Å². The quantitative estimate of drug-likeness (QED) is 0.597. The number of imidazole rings is 1. The molecule has 4 rings (SSSR count). The van der Waals surface area contributed by atoms with Crippen LogP contribution in [0.3, 0.4) is 0 Å². The van der Waals surface area contributed by atoms with Crippen LogP contribution >= 0.6 is 11.6 Å². The van der Waals surface area contributed by atoms with Gasteiger partial charge in [-0.1, -0.05) is 54.1 Å². The minimum absolute atomic E-state index is 0.336. The van der Waals surface area contributed by atoms with Gasteiger partial charge in [-0.2, -0.15) is 0 Å². The Bertz CT molecular complexity index is 1070. The molecule has 0 spiro atoms. The molecule has 3 aromatic rings. The van der Waals surface area contributed by atoms with E-state index in [1.165, 1.54) is 7.11 Å². The van der Waals surface area contributed by atoms with Gasteiger partial charge in [-0.3, -0.25) is 0 Å². The summed E-state index contributed by atoms with van der Waals surface area (Å²) in [4.78, 5) is 35.1. The van der Waals surface area contributed by atoms with E-state index in [1.54, 1.807) is 17.3 Å². The van der Waals surface area contributed by atoms with Crippen molar-refractivity contribution in [3.8, 4) is 0 Å². The number of esters is 1. The first-order valence-corrected chi connectivity index (χ1v) is 10.4. The third kappa shape index (κ3) is 4.56. The van der Waals surface area contributed by atoms with E-state index in [-0.39, 0.29) is 6.03 Å². The molecule has 8 heteroatoms. The van der Waals surface area contributed by atoms with Gasteiger partial charge in [0.2, 0.25) is 0 Å². The Kier molecular flexibility index (Phi) is 6.23. The predicted molar refractivity (Wildman–Crippen MR) is 117 cm³/mol. The van der Waals surface area contributed by atoms with Crippen molar-refractivity contribution in [1.82, 2.24) is 20.2 Å². The summed E-state index contributed by atoms with van der Waals surface area (Å²) in [5.41, 5.74) is 3.55. The van der Waals surface area contributed by atoms with Gasteiger partial charge in [0, 0.05) is 30.1 Å². The molecule has 1 aliphatic rings. The van der Waals surface area contributed by atoms with Crippen molar-refractivity contribution < 1.29 is 14.3 Å². The molecule has 0 bridgehead atoms. The number of aromatic nitrogens is 2. The van der Waals surface area contributed by atoms with E-state index in [9.17, 15) is 9.59 Å². The van der Waals surface area contributed by atoms with Crippen LogP contribution < -0.4 is 5.32 Å². The van der Waals surface area contributed by atoms with Crippen LogP contribution in [-0.2, 0) is 22.4 Å². The van der Waals surface area contributed by atoms with Crippen molar-refractivity contribution in [2.45, 2.75) is 24.9 Å². The van der Waals surface area contributed by atoms with Gasteiger partial charge in [0.1, 0.15) is 12.1 Å². The maximum atomic E-state index is 13.4. The van der Waals surface area contributed by atoms with Crippen LogP contribution in [0, 0.1) is 0 Å². The molecular weight excluding hydrogens is 416 g/mol. The second-order valence-corrected chi connectivity index (χ2v) is 7.82. The van der Waals surface area contributed by atoms with Gasteiger partial charge in [0.25, 0.3) is 0 Å². The average molecular weight is 439 g/mol. The van der Waals surface area contributed by atoms with E-state index < -0.39 is 18.1 Å². The van der Waals surface area contributed by atoms with Gasteiger partial charge >= 0.3 is 12.0 Å². The number of urea groups is 1. The number of H-pyrrole nitrogens is 1. The first-order chi connectivity index (χ1) is 15.1. The van der Waals surface area contributed by atoms with Crippen molar-refractivity contribution in [2.24, 2.45) is 0 Å². The van der Waals surface area contributed by atoms with Crippen LogP contribution in [0.25, 0.3) is 0 Å². The van der Waals surface area contributed by atoms with Crippen LogP contribution in [0.4, 0.5) is 4.79 Å². The number of ether oxygens (including phenoxy) is 1. The lowest BCUT2D eigenvalue weighted by Crippen LogP contribution is -2.52. The highest BCUT2D eigenvalue weighted by atomic mass is 35.5. The van der Waals surface area contributed by atoms with E-state index in [2.05, 4.69) is 15.3 Å². The average Bonchev–Trinajstić information content (AvgIpc) is 3.27. The zero-order chi connectivity index (χ0) is 21.8. The number of rotatable bonds is 5. The monoisotopic (exact) mass is 438 g/mol. The lowest BCUT2D eigenvalue weighted by molar-refractivity contribution is -0.142. The van der Waals surface area contributed by atoms with E-state index in [0.717, 1.165) is 22.5 Å². The van der Waals surface area contributed by atoms with Crippen molar-refractivity contribution in [1.29, 1.82) is 0 Å². The second-order valence-electron chi connectivity index (χ2n) is 7.38. The number of nitrogens with one attached hydrogen (secondary N) is 2. The fourth-order valence-electron chi connectivity index (χ4n) is 3.93. The maximum absolute atomic E-state index is 13.4. The summed E-state index contributed by atoms with van der Waals surface area (Å²) in [6.45, 7) is 0.470. The number of methoxy groups -OCH3 is 1. The molecule has 0 saturated heterocycles. The number of amides is 2. The highest BCUT2D eigenvalue weighted by Gasteiger charge is 2.36. The number of halogens is 1. The molecule has 31 heavy (non-hydrogen) atoms. The summed E-state index contributed by atoms with van der Waals surface area (Å²) in [5, 5.41) is 3.45. The van der Waals surface area contributed by atoms with Gasteiger partial charge in [-0.25, -0.2) is 14.6 Å². The largest absolute Gasteiger partial charge is 0.467 e. The number of fused-ring (bicyclic) bond motifs is 1. The Morgan fingerprint density at radius 1 is 1.26 bits per heavy atom. The molecule has 7 nitrogen and oxygen atoms in total. The molecule has 2 aromatic carbocycles. The fraction of sp³-hybridized carbons (Fsp3) is 0.261. The first-order valence-electron chi connectivity index (χ1n) is 10.0. The van der Waals surface area contributed by atoms with Crippen LogP contribution in [0.1, 0.15) is 28.6 Å². The lowest BCUT2D eigenvalue weighted by Gasteiger charge is -2.36. The van der Waals surface area contributed by atoms with Crippen molar-refractivity contribution in [3.05, 3.63) is 88.5 Å². The molecule has 2 amide bonds. The van der Waals surface area contributed by atoms with Crippen LogP contribution in [-0.4, -0.2) is 46.6 Å². The number of hydrogen-bond donors (Lipinski definition) is 2. The summed E-state index contributed by atoms with van der Waals surface area (Å²) in [6.07, 6.45) is 2.61. The Morgan fingerprint density at radius 3 is 2.81 bits per heavy atom. The molecule has 2 atom stereocenters. The molecule has 0 fully saturated rings. The van der Waals surface area contributed by atoms with Crippen LogP contribution in [0.5, 0.6) is 0 Å². The number of hydrogen-bond acceptors (Lipinski definition) is 4. The maximum Gasteiger partial charge on any atom is 0.328 e. The van der Waals surface area contributed by atoms with Gasteiger partial charge < -0.3 is 19.9 Å². The highest BCUT2D eigenvalue weighted by Crippen LogP contribution is 2.34. The van der Waals surface area contributed by atoms with E-state index in [1.807, 2.05) is 48.5 Å².